The number of hydrogen-bond donors (Lipinski definition) is 2. The summed E-state index contributed by atoms with van der Waals surface area (Å²) in [5.74, 6) is 0.733. The van der Waals surface area contributed by atoms with Gasteiger partial charge in [-0.15, -0.1) is 5.10 Å². The Morgan fingerprint density at radius 3 is 2.76 bits per heavy atom. The lowest BCUT2D eigenvalue weighted by molar-refractivity contribution is -0.115. The molecule has 3 aromatic rings. The third kappa shape index (κ3) is 3.44. The Hall–Kier alpha value is -2.60. The van der Waals surface area contributed by atoms with Crippen molar-refractivity contribution >= 4 is 23.4 Å². The quantitative estimate of drug-likeness (QED) is 0.753. The standard InChI is InChI=1S/C19H18N4OS/c1-12-6-8-14(9-7-12)17-21-19(23-22-17)25-16-11-10-13-4-2-3-5-15(13)20-18(16)24/h2-9,16H,10-11H2,1H3,(H,20,24)(H,21,22,23)/t16-/m0/s1. The van der Waals surface area contributed by atoms with E-state index in [0.717, 1.165) is 29.9 Å². The monoisotopic (exact) mass is 350 g/mol. The minimum atomic E-state index is -0.200. The largest absolute Gasteiger partial charge is 0.325 e. The number of H-pyrrole nitrogens is 1. The molecule has 5 nitrogen and oxygen atoms in total. The van der Waals surface area contributed by atoms with Crippen molar-refractivity contribution in [1.82, 2.24) is 15.2 Å². The number of nitrogens with zero attached hydrogens (tertiary/aromatic N) is 2. The van der Waals surface area contributed by atoms with E-state index >= 15 is 0 Å². The molecule has 1 aromatic heterocycles. The first kappa shape index (κ1) is 15.9. The number of aromatic nitrogens is 3. The van der Waals surface area contributed by atoms with E-state index in [1.807, 2.05) is 49.4 Å². The molecule has 0 unspecified atom stereocenters. The number of para-hydroxylation sites is 1. The highest BCUT2D eigenvalue weighted by Crippen LogP contribution is 2.30. The number of aromatic amines is 1. The van der Waals surface area contributed by atoms with Crippen LogP contribution < -0.4 is 5.32 Å². The van der Waals surface area contributed by atoms with E-state index in [1.54, 1.807) is 0 Å². The van der Waals surface area contributed by atoms with Gasteiger partial charge in [0, 0.05) is 11.3 Å². The molecule has 1 aliphatic rings. The Morgan fingerprint density at radius 2 is 1.92 bits per heavy atom. The van der Waals surface area contributed by atoms with Crippen LogP contribution in [0.1, 0.15) is 17.5 Å². The van der Waals surface area contributed by atoms with Gasteiger partial charge in [-0.1, -0.05) is 59.8 Å². The number of fused-ring (bicyclic) bond motifs is 1. The van der Waals surface area contributed by atoms with E-state index in [2.05, 4.69) is 26.6 Å². The molecular formula is C19H18N4OS. The van der Waals surface area contributed by atoms with Gasteiger partial charge < -0.3 is 5.32 Å². The highest BCUT2D eigenvalue weighted by molar-refractivity contribution is 8.00. The maximum Gasteiger partial charge on any atom is 0.237 e. The lowest BCUT2D eigenvalue weighted by Crippen LogP contribution is -2.23. The Balaban J connectivity index is 1.49. The summed E-state index contributed by atoms with van der Waals surface area (Å²) in [6, 6.07) is 16.1. The van der Waals surface area contributed by atoms with Crippen LogP contribution in [0.3, 0.4) is 0 Å². The van der Waals surface area contributed by atoms with E-state index in [-0.39, 0.29) is 11.2 Å². The fourth-order valence-electron chi connectivity index (χ4n) is 2.87. The van der Waals surface area contributed by atoms with Gasteiger partial charge in [0.25, 0.3) is 0 Å². The number of hydrogen-bond acceptors (Lipinski definition) is 4. The maximum atomic E-state index is 12.5. The van der Waals surface area contributed by atoms with E-state index < -0.39 is 0 Å². The second-order valence-electron chi connectivity index (χ2n) is 6.12. The maximum absolute atomic E-state index is 12.5. The van der Waals surface area contributed by atoms with Crippen LogP contribution in [0, 0.1) is 6.92 Å². The molecule has 0 spiro atoms. The SMILES string of the molecule is Cc1ccc(-c2nc(S[C@H]3CCc4ccccc4NC3=O)n[nH]2)cc1. The number of benzene rings is 2. The van der Waals surface area contributed by atoms with Crippen LogP contribution in [0.25, 0.3) is 11.4 Å². The summed E-state index contributed by atoms with van der Waals surface area (Å²) < 4.78 is 0. The molecule has 0 fully saturated rings. The zero-order valence-corrected chi connectivity index (χ0v) is 14.6. The Bertz CT molecular complexity index is 904. The van der Waals surface area contributed by atoms with Crippen LogP contribution in [0.2, 0.25) is 0 Å². The zero-order valence-electron chi connectivity index (χ0n) is 13.8. The molecule has 0 bridgehead atoms. The lowest BCUT2D eigenvalue weighted by Gasteiger charge is -2.10. The Kier molecular flexibility index (Phi) is 4.28. The van der Waals surface area contributed by atoms with Gasteiger partial charge in [-0.3, -0.25) is 9.89 Å². The fraction of sp³-hybridized carbons (Fsp3) is 0.211. The normalized spacial score (nSPS) is 16.8. The summed E-state index contributed by atoms with van der Waals surface area (Å²) in [7, 11) is 0. The highest BCUT2D eigenvalue weighted by atomic mass is 32.2. The number of carbonyl (C=O) groups is 1. The van der Waals surface area contributed by atoms with E-state index in [1.165, 1.54) is 22.9 Å². The molecule has 2 aromatic carbocycles. The van der Waals surface area contributed by atoms with Gasteiger partial charge in [0.05, 0.1) is 5.25 Å². The average Bonchev–Trinajstić information content (AvgIpc) is 3.02. The van der Waals surface area contributed by atoms with Crippen molar-refractivity contribution in [2.24, 2.45) is 0 Å². The van der Waals surface area contributed by atoms with Gasteiger partial charge >= 0.3 is 0 Å². The smallest absolute Gasteiger partial charge is 0.237 e. The summed E-state index contributed by atoms with van der Waals surface area (Å²) in [5, 5.41) is 10.6. The van der Waals surface area contributed by atoms with Gasteiger partial charge in [-0.25, -0.2) is 4.98 Å². The summed E-state index contributed by atoms with van der Waals surface area (Å²) in [5.41, 5.74) is 4.27. The number of rotatable bonds is 3. The van der Waals surface area contributed by atoms with Crippen molar-refractivity contribution in [2.75, 3.05) is 5.32 Å². The molecule has 1 aliphatic heterocycles. The first-order valence-corrected chi connectivity index (χ1v) is 9.12. The molecule has 6 heteroatoms. The topological polar surface area (TPSA) is 70.7 Å². The minimum Gasteiger partial charge on any atom is -0.325 e. The van der Waals surface area contributed by atoms with Crippen LogP contribution in [-0.2, 0) is 11.2 Å². The van der Waals surface area contributed by atoms with Gasteiger partial charge in [0.2, 0.25) is 11.1 Å². The Labute approximate surface area is 150 Å². The minimum absolute atomic E-state index is 0.0108. The van der Waals surface area contributed by atoms with Crippen molar-refractivity contribution in [1.29, 1.82) is 0 Å². The number of aryl methyl sites for hydroxylation is 2. The first-order chi connectivity index (χ1) is 12.2. The van der Waals surface area contributed by atoms with Gasteiger partial charge in [0.15, 0.2) is 5.82 Å². The van der Waals surface area contributed by atoms with Crippen LogP contribution >= 0.6 is 11.8 Å². The highest BCUT2D eigenvalue weighted by Gasteiger charge is 2.26. The number of amides is 1. The molecule has 1 atom stereocenters. The van der Waals surface area contributed by atoms with Crippen molar-refractivity contribution in [3.05, 3.63) is 59.7 Å². The average molecular weight is 350 g/mol. The molecule has 2 N–H and O–H groups in total. The molecule has 0 saturated carbocycles. The summed E-state index contributed by atoms with van der Waals surface area (Å²) in [6.07, 6.45) is 1.63. The lowest BCUT2D eigenvalue weighted by atomic mass is 10.1. The van der Waals surface area contributed by atoms with Crippen LogP contribution in [0.5, 0.6) is 0 Å². The third-order valence-electron chi connectivity index (χ3n) is 4.28. The molecule has 4 rings (SSSR count). The summed E-state index contributed by atoms with van der Waals surface area (Å²) in [4.78, 5) is 17.0. The second kappa shape index (κ2) is 6.72. The van der Waals surface area contributed by atoms with Crippen molar-refractivity contribution in [3.8, 4) is 11.4 Å². The van der Waals surface area contributed by atoms with Crippen molar-refractivity contribution in [3.63, 3.8) is 0 Å². The third-order valence-corrected chi connectivity index (χ3v) is 5.41. The summed E-state index contributed by atoms with van der Waals surface area (Å²) in [6.45, 7) is 2.05. The second-order valence-corrected chi connectivity index (χ2v) is 7.29. The first-order valence-electron chi connectivity index (χ1n) is 8.24. The molecular weight excluding hydrogens is 332 g/mol. The molecule has 0 radical (unpaired) electrons. The van der Waals surface area contributed by atoms with Crippen molar-refractivity contribution in [2.45, 2.75) is 30.2 Å². The van der Waals surface area contributed by atoms with E-state index in [9.17, 15) is 4.79 Å². The number of thioether (sulfide) groups is 1. The summed E-state index contributed by atoms with van der Waals surface area (Å²) >= 11 is 1.41. The molecule has 0 aliphatic carbocycles. The number of nitrogens with one attached hydrogen (secondary N) is 2. The van der Waals surface area contributed by atoms with E-state index in [0.29, 0.717) is 5.16 Å². The van der Waals surface area contributed by atoms with Crippen LogP contribution in [-0.4, -0.2) is 26.3 Å². The van der Waals surface area contributed by atoms with Crippen LogP contribution in [0.4, 0.5) is 5.69 Å². The molecule has 126 valence electrons. The molecule has 25 heavy (non-hydrogen) atoms. The van der Waals surface area contributed by atoms with E-state index in [4.69, 9.17) is 0 Å². The number of carbonyl (C=O) groups excluding carboxylic acids is 1. The van der Waals surface area contributed by atoms with Crippen molar-refractivity contribution < 1.29 is 4.79 Å². The molecule has 0 saturated heterocycles. The number of anilines is 1. The predicted molar refractivity (Wildman–Crippen MR) is 99.6 cm³/mol. The Morgan fingerprint density at radius 1 is 1.12 bits per heavy atom. The zero-order chi connectivity index (χ0) is 17.2. The van der Waals surface area contributed by atoms with Crippen LogP contribution in [0.15, 0.2) is 53.7 Å². The van der Waals surface area contributed by atoms with Gasteiger partial charge in [-0.05, 0) is 31.4 Å². The van der Waals surface area contributed by atoms with Gasteiger partial charge in [-0.2, -0.15) is 0 Å². The van der Waals surface area contributed by atoms with Gasteiger partial charge in [0.1, 0.15) is 0 Å². The predicted octanol–water partition coefficient (Wildman–Crippen LogP) is 3.83. The molecule has 1 amide bonds. The fourth-order valence-corrected chi connectivity index (χ4v) is 3.77. The molecule has 2 heterocycles.